The lowest BCUT2D eigenvalue weighted by Gasteiger charge is -2.22. The van der Waals surface area contributed by atoms with Crippen molar-refractivity contribution in [3.8, 4) is 5.75 Å². The van der Waals surface area contributed by atoms with Gasteiger partial charge in [-0.1, -0.05) is 12.1 Å². The van der Waals surface area contributed by atoms with E-state index in [1.165, 1.54) is 6.07 Å². The molecule has 1 N–H and O–H groups in total. The van der Waals surface area contributed by atoms with Crippen LogP contribution in [0.4, 0.5) is 4.39 Å². The largest absolute Gasteiger partial charge is 0.489 e. The summed E-state index contributed by atoms with van der Waals surface area (Å²) in [5.74, 6) is 2.27. The van der Waals surface area contributed by atoms with Crippen molar-refractivity contribution in [2.75, 3.05) is 27.2 Å². The molecule has 0 aliphatic heterocycles. The number of hydrogen-bond acceptors (Lipinski definition) is 4. The van der Waals surface area contributed by atoms with E-state index in [4.69, 9.17) is 4.74 Å². The summed E-state index contributed by atoms with van der Waals surface area (Å²) in [6, 6.07) is 6.36. The summed E-state index contributed by atoms with van der Waals surface area (Å²) in [6.45, 7) is 3.33. The fraction of sp³-hybridized carbons (Fsp3) is 0.438. The van der Waals surface area contributed by atoms with Gasteiger partial charge in [-0.3, -0.25) is 4.99 Å². The molecule has 24 heavy (non-hydrogen) atoms. The quantitative estimate of drug-likeness (QED) is 0.638. The van der Waals surface area contributed by atoms with Crippen LogP contribution in [0.25, 0.3) is 0 Å². The molecule has 1 aromatic carbocycles. The number of nitrogens with zero attached hydrogens (tertiary/aromatic N) is 5. The third-order valence-corrected chi connectivity index (χ3v) is 3.68. The van der Waals surface area contributed by atoms with Crippen LogP contribution in [-0.4, -0.2) is 52.9 Å². The van der Waals surface area contributed by atoms with E-state index in [0.717, 1.165) is 11.6 Å². The topological polar surface area (TPSA) is 67.6 Å². The number of benzene rings is 1. The van der Waals surface area contributed by atoms with Gasteiger partial charge >= 0.3 is 0 Å². The SMILES string of the molecule is CN=C(NCc1nnc(C)n1C)N(C)CCOc1ccccc1F. The molecule has 1 aromatic heterocycles. The van der Waals surface area contributed by atoms with Gasteiger partial charge < -0.3 is 19.5 Å². The van der Waals surface area contributed by atoms with Crippen LogP contribution < -0.4 is 10.1 Å². The second kappa shape index (κ2) is 8.28. The molecule has 0 aliphatic carbocycles. The number of ether oxygens (including phenoxy) is 1. The van der Waals surface area contributed by atoms with E-state index in [9.17, 15) is 4.39 Å². The van der Waals surface area contributed by atoms with Gasteiger partial charge in [-0.2, -0.15) is 0 Å². The zero-order chi connectivity index (χ0) is 17.5. The Labute approximate surface area is 141 Å². The average Bonchev–Trinajstić information content (AvgIpc) is 2.89. The summed E-state index contributed by atoms with van der Waals surface area (Å²) in [4.78, 5) is 6.13. The second-order valence-electron chi connectivity index (χ2n) is 5.32. The lowest BCUT2D eigenvalue weighted by atomic mass is 10.3. The molecule has 0 spiro atoms. The van der Waals surface area contributed by atoms with Crippen molar-refractivity contribution in [2.45, 2.75) is 13.5 Å². The van der Waals surface area contributed by atoms with Crippen molar-refractivity contribution in [2.24, 2.45) is 12.0 Å². The lowest BCUT2D eigenvalue weighted by molar-refractivity contribution is 0.270. The summed E-state index contributed by atoms with van der Waals surface area (Å²) in [5.41, 5.74) is 0. The zero-order valence-corrected chi connectivity index (χ0v) is 14.5. The van der Waals surface area contributed by atoms with E-state index in [1.54, 1.807) is 25.2 Å². The summed E-state index contributed by atoms with van der Waals surface area (Å²) < 4.78 is 20.9. The Kier molecular flexibility index (Phi) is 6.11. The maximum absolute atomic E-state index is 13.5. The number of hydrogen-bond donors (Lipinski definition) is 1. The van der Waals surface area contributed by atoms with E-state index in [1.807, 2.05) is 30.5 Å². The molecule has 0 aliphatic rings. The Morgan fingerprint density at radius 1 is 1.38 bits per heavy atom. The Morgan fingerprint density at radius 2 is 2.12 bits per heavy atom. The monoisotopic (exact) mass is 334 g/mol. The number of aryl methyl sites for hydroxylation is 1. The number of nitrogens with one attached hydrogen (secondary N) is 1. The van der Waals surface area contributed by atoms with E-state index in [0.29, 0.717) is 25.7 Å². The normalized spacial score (nSPS) is 11.5. The molecule has 8 heteroatoms. The van der Waals surface area contributed by atoms with Gasteiger partial charge in [-0.15, -0.1) is 10.2 Å². The van der Waals surface area contributed by atoms with Gasteiger partial charge in [0.15, 0.2) is 23.4 Å². The second-order valence-corrected chi connectivity index (χ2v) is 5.32. The Bertz CT molecular complexity index is 700. The van der Waals surface area contributed by atoms with Gasteiger partial charge in [-0.25, -0.2) is 4.39 Å². The summed E-state index contributed by atoms with van der Waals surface area (Å²) in [7, 11) is 5.52. The highest BCUT2D eigenvalue weighted by atomic mass is 19.1. The maximum atomic E-state index is 13.5. The fourth-order valence-electron chi connectivity index (χ4n) is 2.11. The molecule has 2 rings (SSSR count). The first-order chi connectivity index (χ1) is 11.5. The first kappa shape index (κ1) is 17.7. The van der Waals surface area contributed by atoms with E-state index < -0.39 is 0 Å². The van der Waals surface area contributed by atoms with Crippen LogP contribution in [0.3, 0.4) is 0 Å². The van der Waals surface area contributed by atoms with Gasteiger partial charge in [0, 0.05) is 21.1 Å². The predicted octanol–water partition coefficient (Wildman–Crippen LogP) is 1.35. The molecule has 1 heterocycles. The van der Waals surface area contributed by atoms with E-state index >= 15 is 0 Å². The zero-order valence-electron chi connectivity index (χ0n) is 14.5. The van der Waals surface area contributed by atoms with Gasteiger partial charge in [0.2, 0.25) is 0 Å². The van der Waals surface area contributed by atoms with Crippen LogP contribution in [0, 0.1) is 12.7 Å². The van der Waals surface area contributed by atoms with Crippen LogP contribution in [0.1, 0.15) is 11.6 Å². The minimum atomic E-state index is -0.361. The van der Waals surface area contributed by atoms with E-state index in [2.05, 4.69) is 20.5 Å². The van der Waals surface area contributed by atoms with Gasteiger partial charge in [-0.05, 0) is 19.1 Å². The lowest BCUT2D eigenvalue weighted by Crippen LogP contribution is -2.40. The molecule has 0 amide bonds. The maximum Gasteiger partial charge on any atom is 0.193 e. The standard InChI is InChI=1S/C16H23FN6O/c1-12-20-21-15(23(12)4)11-19-16(18-2)22(3)9-10-24-14-8-6-5-7-13(14)17/h5-8H,9-11H2,1-4H3,(H,18,19). The molecular weight excluding hydrogens is 311 g/mol. The summed E-state index contributed by atoms with van der Waals surface area (Å²) in [6.07, 6.45) is 0. The smallest absolute Gasteiger partial charge is 0.193 e. The van der Waals surface area contributed by atoms with Gasteiger partial charge in [0.05, 0.1) is 13.1 Å². The highest BCUT2D eigenvalue weighted by Gasteiger charge is 2.10. The van der Waals surface area contributed by atoms with Gasteiger partial charge in [0.1, 0.15) is 12.4 Å². The molecule has 0 radical (unpaired) electrons. The third-order valence-electron chi connectivity index (χ3n) is 3.68. The Hall–Kier alpha value is -2.64. The minimum absolute atomic E-state index is 0.253. The number of aromatic nitrogens is 3. The van der Waals surface area contributed by atoms with Crippen molar-refractivity contribution >= 4 is 5.96 Å². The Morgan fingerprint density at radius 3 is 2.75 bits per heavy atom. The van der Waals surface area contributed by atoms with Crippen LogP contribution in [0.15, 0.2) is 29.3 Å². The first-order valence-corrected chi connectivity index (χ1v) is 7.67. The van der Waals surface area contributed by atoms with Crippen LogP contribution in [0.5, 0.6) is 5.75 Å². The molecule has 2 aromatic rings. The molecule has 0 saturated carbocycles. The van der Waals surface area contributed by atoms with Crippen LogP contribution >= 0.6 is 0 Å². The number of likely N-dealkylation sites (N-methyl/N-ethyl adjacent to an activating group) is 1. The number of halogens is 1. The fourth-order valence-corrected chi connectivity index (χ4v) is 2.11. The Balaban J connectivity index is 1.82. The van der Waals surface area contributed by atoms with Crippen molar-refractivity contribution < 1.29 is 9.13 Å². The molecule has 130 valence electrons. The number of para-hydroxylation sites is 1. The molecule has 7 nitrogen and oxygen atoms in total. The number of rotatable bonds is 6. The first-order valence-electron chi connectivity index (χ1n) is 7.67. The predicted molar refractivity (Wildman–Crippen MR) is 90.5 cm³/mol. The van der Waals surface area contributed by atoms with Crippen molar-refractivity contribution in [3.63, 3.8) is 0 Å². The van der Waals surface area contributed by atoms with Crippen molar-refractivity contribution in [3.05, 3.63) is 41.7 Å². The van der Waals surface area contributed by atoms with Crippen LogP contribution in [-0.2, 0) is 13.6 Å². The molecule has 0 saturated heterocycles. The minimum Gasteiger partial charge on any atom is -0.489 e. The molecule has 0 atom stereocenters. The number of aliphatic imine (C=N–C) groups is 1. The number of guanidine groups is 1. The molecular formula is C16H23FN6O. The van der Waals surface area contributed by atoms with Crippen molar-refractivity contribution in [1.82, 2.24) is 25.0 Å². The molecule has 0 fully saturated rings. The third kappa shape index (κ3) is 4.43. The average molecular weight is 334 g/mol. The summed E-state index contributed by atoms with van der Waals surface area (Å²) in [5, 5.41) is 11.3. The summed E-state index contributed by atoms with van der Waals surface area (Å²) >= 11 is 0. The molecule has 0 bridgehead atoms. The molecule has 0 unspecified atom stereocenters. The van der Waals surface area contributed by atoms with Crippen molar-refractivity contribution in [1.29, 1.82) is 0 Å². The highest BCUT2D eigenvalue weighted by molar-refractivity contribution is 5.79. The van der Waals surface area contributed by atoms with Crippen LogP contribution in [0.2, 0.25) is 0 Å². The van der Waals surface area contributed by atoms with E-state index in [-0.39, 0.29) is 11.6 Å². The van der Waals surface area contributed by atoms with Gasteiger partial charge in [0.25, 0.3) is 0 Å². The highest BCUT2D eigenvalue weighted by Crippen LogP contribution is 2.14.